The molecule has 1 aromatic rings. The van der Waals surface area contributed by atoms with E-state index in [-0.39, 0.29) is 5.97 Å². The number of thiophene rings is 1. The fraction of sp³-hybridized carbons (Fsp3) is 0.444. The van der Waals surface area contributed by atoms with Crippen molar-refractivity contribution in [3.8, 4) is 0 Å². The molecule has 0 saturated heterocycles. The molecule has 2 N–H and O–H groups in total. The minimum Gasteiger partial charge on any atom is -0.462 e. The van der Waals surface area contributed by atoms with E-state index in [1.165, 1.54) is 11.3 Å². The Morgan fingerprint density at radius 3 is 2.93 bits per heavy atom. The Labute approximate surface area is 91.6 Å². The summed E-state index contributed by atoms with van der Waals surface area (Å²) < 4.78 is 5.95. The maximum Gasteiger partial charge on any atom is 0.350 e. The molecular weight excluding hydrogens is 218 g/mol. The van der Waals surface area contributed by atoms with Crippen LogP contribution in [-0.2, 0) is 4.74 Å². The molecule has 0 radical (unpaired) electrons. The average molecular weight is 231 g/mol. The van der Waals surface area contributed by atoms with Crippen LogP contribution in [0.3, 0.4) is 0 Å². The molecule has 0 unspecified atom stereocenters. The van der Waals surface area contributed by atoms with Crippen LogP contribution in [0.1, 0.15) is 23.5 Å². The first-order valence-corrected chi connectivity index (χ1v) is 6.18. The molecule has 0 aromatic carbocycles. The van der Waals surface area contributed by atoms with Crippen LogP contribution in [0.25, 0.3) is 0 Å². The van der Waals surface area contributed by atoms with Crippen molar-refractivity contribution in [2.75, 3.05) is 18.1 Å². The normalized spacial score (nSPS) is 10.1. The molecule has 0 saturated carbocycles. The highest BCUT2D eigenvalue weighted by Crippen LogP contribution is 2.32. The monoisotopic (exact) mass is 231 g/mol. The Balaban J connectivity index is 2.81. The summed E-state index contributed by atoms with van der Waals surface area (Å²) in [5.74, 6) is 0.653. The van der Waals surface area contributed by atoms with Gasteiger partial charge in [-0.2, -0.15) is 0 Å². The number of thioether (sulfide) groups is 1. The first-order chi connectivity index (χ1) is 6.69. The fourth-order valence-electron chi connectivity index (χ4n) is 0.951. The molecule has 0 fully saturated rings. The lowest BCUT2D eigenvalue weighted by atomic mass is 10.4. The van der Waals surface area contributed by atoms with Crippen LogP contribution in [0, 0.1) is 0 Å². The minimum atomic E-state index is -0.321. The van der Waals surface area contributed by atoms with Gasteiger partial charge < -0.3 is 10.5 Å². The Morgan fingerprint density at radius 2 is 2.36 bits per heavy atom. The summed E-state index contributed by atoms with van der Waals surface area (Å²) in [5.41, 5.74) is 6.22. The third kappa shape index (κ3) is 2.65. The van der Waals surface area contributed by atoms with Crippen molar-refractivity contribution in [3.05, 3.63) is 10.9 Å². The Morgan fingerprint density at radius 1 is 1.64 bits per heavy atom. The van der Waals surface area contributed by atoms with Gasteiger partial charge in [-0.15, -0.1) is 23.1 Å². The minimum absolute atomic E-state index is 0.321. The highest BCUT2D eigenvalue weighted by atomic mass is 32.2. The van der Waals surface area contributed by atoms with Gasteiger partial charge in [0, 0.05) is 0 Å². The molecule has 14 heavy (non-hydrogen) atoms. The zero-order valence-corrected chi connectivity index (χ0v) is 9.83. The zero-order chi connectivity index (χ0) is 10.6. The van der Waals surface area contributed by atoms with Crippen molar-refractivity contribution in [2.45, 2.75) is 18.1 Å². The van der Waals surface area contributed by atoms with Crippen LogP contribution in [0.15, 0.2) is 10.3 Å². The molecule has 5 heteroatoms. The molecular formula is C9H13NO2S2. The Bertz CT molecular complexity index is 323. The Hall–Kier alpha value is -0.680. The number of rotatable bonds is 4. The first-order valence-electron chi connectivity index (χ1n) is 4.38. The lowest BCUT2D eigenvalue weighted by Gasteiger charge is -1.98. The number of nitrogen functional groups attached to an aromatic ring is 1. The van der Waals surface area contributed by atoms with E-state index in [4.69, 9.17) is 10.5 Å². The van der Waals surface area contributed by atoms with Crippen LogP contribution in [0.4, 0.5) is 5.69 Å². The molecule has 0 spiro atoms. The zero-order valence-electron chi connectivity index (χ0n) is 8.20. The lowest BCUT2D eigenvalue weighted by molar-refractivity contribution is 0.0533. The molecule has 0 aliphatic carbocycles. The fourth-order valence-corrected chi connectivity index (χ4v) is 2.99. The maximum absolute atomic E-state index is 11.4. The molecule has 0 aliphatic rings. The van der Waals surface area contributed by atoms with E-state index in [1.807, 2.05) is 6.07 Å². The number of ether oxygens (including phenoxy) is 1. The van der Waals surface area contributed by atoms with Gasteiger partial charge in [0.2, 0.25) is 0 Å². The number of hydrogen-bond acceptors (Lipinski definition) is 5. The highest BCUT2D eigenvalue weighted by Gasteiger charge is 2.15. The summed E-state index contributed by atoms with van der Waals surface area (Å²) in [6.45, 7) is 4.22. The number of carbonyl (C=O) groups excluding carboxylic acids is 1. The average Bonchev–Trinajstić information content (AvgIpc) is 2.48. The maximum atomic E-state index is 11.4. The van der Waals surface area contributed by atoms with Gasteiger partial charge in [-0.3, -0.25) is 0 Å². The first kappa shape index (κ1) is 11.4. The molecule has 0 amide bonds. The summed E-state index contributed by atoms with van der Waals surface area (Å²) in [4.78, 5) is 11.9. The summed E-state index contributed by atoms with van der Waals surface area (Å²) in [6, 6.07) is 1.82. The standard InChI is InChI=1S/C9H13NO2S2/c1-3-12-9(11)8-6(10)5-7(14-8)13-4-2/h5H,3-4,10H2,1-2H3. The number of esters is 1. The van der Waals surface area contributed by atoms with Crippen LogP contribution in [0.5, 0.6) is 0 Å². The second-order valence-electron chi connectivity index (χ2n) is 2.50. The third-order valence-corrected chi connectivity index (χ3v) is 3.71. The largest absolute Gasteiger partial charge is 0.462 e. The van der Waals surface area contributed by atoms with Gasteiger partial charge >= 0.3 is 5.97 Å². The quantitative estimate of drug-likeness (QED) is 0.639. The van der Waals surface area contributed by atoms with Crippen molar-refractivity contribution >= 4 is 34.8 Å². The van der Waals surface area contributed by atoms with E-state index in [9.17, 15) is 4.79 Å². The van der Waals surface area contributed by atoms with Crippen molar-refractivity contribution < 1.29 is 9.53 Å². The van der Waals surface area contributed by atoms with Crippen molar-refractivity contribution in [1.29, 1.82) is 0 Å². The Kier molecular flexibility index (Phi) is 4.28. The van der Waals surface area contributed by atoms with E-state index >= 15 is 0 Å². The smallest absolute Gasteiger partial charge is 0.350 e. The van der Waals surface area contributed by atoms with E-state index in [0.717, 1.165) is 9.96 Å². The van der Waals surface area contributed by atoms with Gasteiger partial charge in [-0.1, -0.05) is 6.92 Å². The molecule has 78 valence electrons. The number of anilines is 1. The van der Waals surface area contributed by atoms with E-state index in [1.54, 1.807) is 18.7 Å². The summed E-state index contributed by atoms with van der Waals surface area (Å²) >= 11 is 3.07. The summed E-state index contributed by atoms with van der Waals surface area (Å²) in [7, 11) is 0. The van der Waals surface area contributed by atoms with Crippen molar-refractivity contribution in [3.63, 3.8) is 0 Å². The van der Waals surface area contributed by atoms with Gasteiger partial charge in [0.05, 0.1) is 16.5 Å². The van der Waals surface area contributed by atoms with Gasteiger partial charge in [-0.25, -0.2) is 4.79 Å². The van der Waals surface area contributed by atoms with Gasteiger partial charge in [0.25, 0.3) is 0 Å². The van der Waals surface area contributed by atoms with E-state index in [2.05, 4.69) is 6.92 Å². The van der Waals surface area contributed by atoms with Crippen molar-refractivity contribution in [2.24, 2.45) is 0 Å². The van der Waals surface area contributed by atoms with Crippen molar-refractivity contribution in [1.82, 2.24) is 0 Å². The topological polar surface area (TPSA) is 52.3 Å². The summed E-state index contributed by atoms with van der Waals surface area (Å²) in [6.07, 6.45) is 0. The highest BCUT2D eigenvalue weighted by molar-refractivity contribution is 8.01. The second-order valence-corrected chi connectivity index (χ2v) is 5.12. The van der Waals surface area contributed by atoms with E-state index < -0.39 is 0 Å². The lowest BCUT2D eigenvalue weighted by Crippen LogP contribution is -2.04. The molecule has 1 aromatic heterocycles. The number of carbonyl (C=O) groups is 1. The second kappa shape index (κ2) is 5.26. The van der Waals surface area contributed by atoms with E-state index in [0.29, 0.717) is 17.2 Å². The number of nitrogens with two attached hydrogens (primary N) is 1. The van der Waals surface area contributed by atoms with Gasteiger partial charge in [0.15, 0.2) is 0 Å². The van der Waals surface area contributed by atoms with Crippen LogP contribution in [0.2, 0.25) is 0 Å². The van der Waals surface area contributed by atoms with Crippen LogP contribution >= 0.6 is 23.1 Å². The molecule has 0 atom stereocenters. The predicted molar refractivity (Wildman–Crippen MR) is 61.1 cm³/mol. The van der Waals surface area contributed by atoms with Crippen LogP contribution < -0.4 is 5.73 Å². The molecule has 0 bridgehead atoms. The predicted octanol–water partition coefficient (Wildman–Crippen LogP) is 2.62. The molecule has 1 rings (SSSR count). The SMILES string of the molecule is CCOC(=O)c1sc(SCC)cc1N. The molecule has 1 heterocycles. The van der Waals surface area contributed by atoms with Crippen LogP contribution in [-0.4, -0.2) is 18.3 Å². The number of hydrogen-bond donors (Lipinski definition) is 1. The molecule has 0 aliphatic heterocycles. The van der Waals surface area contributed by atoms with Gasteiger partial charge in [0.1, 0.15) is 4.88 Å². The summed E-state index contributed by atoms with van der Waals surface area (Å²) in [5, 5.41) is 0. The molecule has 3 nitrogen and oxygen atoms in total. The van der Waals surface area contributed by atoms with Gasteiger partial charge in [-0.05, 0) is 18.7 Å². The third-order valence-electron chi connectivity index (χ3n) is 1.49.